The normalized spacial score (nSPS) is 9.36. The standard InChI is InChI=1S/C9H10N4O/c10-5-8-9(6-11)13(7-12-8)3-1-2-4-14/h7,14H,1-4H2. The molecular formula is C9H10N4O. The van der Waals surface area contributed by atoms with E-state index in [1.54, 1.807) is 4.57 Å². The molecule has 0 radical (unpaired) electrons. The molecule has 0 unspecified atom stereocenters. The van der Waals surface area contributed by atoms with E-state index >= 15 is 0 Å². The van der Waals surface area contributed by atoms with Crippen LogP contribution in [-0.4, -0.2) is 21.3 Å². The Hall–Kier alpha value is -1.85. The maximum absolute atomic E-state index is 8.76. The van der Waals surface area contributed by atoms with Crippen LogP contribution in [0.5, 0.6) is 0 Å². The van der Waals surface area contributed by atoms with Crippen molar-refractivity contribution in [3.05, 3.63) is 17.7 Å². The van der Waals surface area contributed by atoms with Crippen LogP contribution in [0.4, 0.5) is 0 Å². The summed E-state index contributed by atoms with van der Waals surface area (Å²) in [6.07, 6.45) is 2.94. The van der Waals surface area contributed by atoms with Gasteiger partial charge in [-0.1, -0.05) is 0 Å². The van der Waals surface area contributed by atoms with Gasteiger partial charge in [-0.05, 0) is 12.8 Å². The molecule has 5 nitrogen and oxygen atoms in total. The largest absolute Gasteiger partial charge is 0.396 e. The van der Waals surface area contributed by atoms with Crippen molar-refractivity contribution in [3.8, 4) is 12.1 Å². The van der Waals surface area contributed by atoms with Gasteiger partial charge in [0, 0.05) is 13.2 Å². The lowest BCUT2D eigenvalue weighted by atomic mass is 10.3. The number of aryl methyl sites for hydroxylation is 1. The second-order valence-electron chi connectivity index (χ2n) is 2.79. The van der Waals surface area contributed by atoms with Crippen molar-refractivity contribution >= 4 is 0 Å². The molecule has 0 saturated heterocycles. The van der Waals surface area contributed by atoms with Crippen molar-refractivity contribution in [1.82, 2.24) is 9.55 Å². The summed E-state index contributed by atoms with van der Waals surface area (Å²) in [4.78, 5) is 3.80. The van der Waals surface area contributed by atoms with E-state index in [1.807, 2.05) is 12.1 Å². The molecule has 14 heavy (non-hydrogen) atoms. The predicted molar refractivity (Wildman–Crippen MR) is 48.0 cm³/mol. The lowest BCUT2D eigenvalue weighted by Crippen LogP contribution is -2.00. The molecule has 0 aliphatic heterocycles. The third kappa shape index (κ3) is 2.09. The van der Waals surface area contributed by atoms with Gasteiger partial charge < -0.3 is 9.67 Å². The second-order valence-corrected chi connectivity index (χ2v) is 2.79. The van der Waals surface area contributed by atoms with E-state index in [0.29, 0.717) is 18.7 Å². The van der Waals surface area contributed by atoms with Crippen LogP contribution >= 0.6 is 0 Å². The summed E-state index contributed by atoms with van der Waals surface area (Å²) >= 11 is 0. The molecule has 0 aromatic carbocycles. The van der Waals surface area contributed by atoms with Crippen LogP contribution in [0.3, 0.4) is 0 Å². The Kier molecular flexibility index (Phi) is 3.66. The maximum Gasteiger partial charge on any atom is 0.176 e. The fraction of sp³-hybridized carbons (Fsp3) is 0.444. The van der Waals surface area contributed by atoms with Gasteiger partial charge in [-0.15, -0.1) is 0 Å². The molecule has 1 aromatic heterocycles. The van der Waals surface area contributed by atoms with E-state index in [-0.39, 0.29) is 12.3 Å². The number of hydrogen-bond donors (Lipinski definition) is 1. The Morgan fingerprint density at radius 1 is 1.36 bits per heavy atom. The SMILES string of the molecule is N#Cc1ncn(CCCCO)c1C#N. The zero-order chi connectivity index (χ0) is 10.4. The summed E-state index contributed by atoms with van der Waals surface area (Å²) in [5.41, 5.74) is 0.460. The van der Waals surface area contributed by atoms with Crippen LogP contribution in [0.1, 0.15) is 24.2 Å². The molecule has 72 valence electrons. The Labute approximate surface area is 81.8 Å². The maximum atomic E-state index is 8.76. The number of hydrogen-bond acceptors (Lipinski definition) is 4. The summed E-state index contributed by atoms with van der Waals surface area (Å²) in [5.74, 6) is 0. The highest BCUT2D eigenvalue weighted by molar-refractivity contribution is 5.35. The van der Waals surface area contributed by atoms with Crippen LogP contribution < -0.4 is 0 Å². The second kappa shape index (κ2) is 5.00. The molecule has 1 heterocycles. The van der Waals surface area contributed by atoms with Gasteiger partial charge in [-0.25, -0.2) is 4.98 Å². The van der Waals surface area contributed by atoms with Gasteiger partial charge in [0.2, 0.25) is 0 Å². The summed E-state index contributed by atoms with van der Waals surface area (Å²) in [6.45, 7) is 0.750. The van der Waals surface area contributed by atoms with Gasteiger partial charge in [0.15, 0.2) is 11.4 Å². The third-order valence-corrected chi connectivity index (χ3v) is 1.86. The Balaban J connectivity index is 2.74. The molecule has 0 atom stereocenters. The number of rotatable bonds is 4. The highest BCUT2D eigenvalue weighted by Crippen LogP contribution is 2.06. The van der Waals surface area contributed by atoms with Crippen molar-refractivity contribution < 1.29 is 5.11 Å². The Morgan fingerprint density at radius 2 is 2.14 bits per heavy atom. The molecule has 0 aliphatic rings. The Morgan fingerprint density at radius 3 is 2.71 bits per heavy atom. The number of nitrogens with zero attached hydrogens (tertiary/aromatic N) is 4. The zero-order valence-corrected chi connectivity index (χ0v) is 7.64. The van der Waals surface area contributed by atoms with E-state index in [4.69, 9.17) is 15.6 Å². The van der Waals surface area contributed by atoms with E-state index in [0.717, 1.165) is 6.42 Å². The molecule has 1 rings (SSSR count). The van der Waals surface area contributed by atoms with E-state index in [2.05, 4.69) is 4.98 Å². The lowest BCUT2D eigenvalue weighted by molar-refractivity contribution is 0.281. The molecule has 0 amide bonds. The van der Waals surface area contributed by atoms with Crippen LogP contribution in [0.2, 0.25) is 0 Å². The zero-order valence-electron chi connectivity index (χ0n) is 7.64. The number of nitriles is 2. The smallest absolute Gasteiger partial charge is 0.176 e. The minimum atomic E-state index is 0.141. The van der Waals surface area contributed by atoms with Crippen molar-refractivity contribution in [2.45, 2.75) is 19.4 Å². The van der Waals surface area contributed by atoms with Crippen molar-refractivity contribution in [2.24, 2.45) is 0 Å². The third-order valence-electron chi connectivity index (χ3n) is 1.86. The van der Waals surface area contributed by atoms with Gasteiger partial charge in [0.05, 0.1) is 6.33 Å². The van der Waals surface area contributed by atoms with Crippen LogP contribution in [0.15, 0.2) is 6.33 Å². The van der Waals surface area contributed by atoms with Crippen molar-refractivity contribution in [1.29, 1.82) is 10.5 Å². The average Bonchev–Trinajstić information content (AvgIpc) is 2.60. The van der Waals surface area contributed by atoms with Gasteiger partial charge in [-0.2, -0.15) is 10.5 Å². The van der Waals surface area contributed by atoms with Gasteiger partial charge in [-0.3, -0.25) is 0 Å². The molecule has 0 aliphatic carbocycles. The Bertz CT molecular complexity index is 382. The first kappa shape index (κ1) is 10.2. The minimum absolute atomic E-state index is 0.141. The van der Waals surface area contributed by atoms with Gasteiger partial charge >= 0.3 is 0 Å². The fourth-order valence-corrected chi connectivity index (χ4v) is 1.14. The molecule has 1 N–H and O–H groups in total. The van der Waals surface area contributed by atoms with Crippen LogP contribution in [0, 0.1) is 22.7 Å². The summed E-state index contributed by atoms with van der Waals surface area (Å²) in [6, 6.07) is 3.79. The first-order chi connectivity index (χ1) is 6.83. The van der Waals surface area contributed by atoms with E-state index in [9.17, 15) is 0 Å². The van der Waals surface area contributed by atoms with Gasteiger partial charge in [0.1, 0.15) is 12.1 Å². The number of aliphatic hydroxyl groups excluding tert-OH is 1. The highest BCUT2D eigenvalue weighted by Gasteiger charge is 2.08. The van der Waals surface area contributed by atoms with Crippen LogP contribution in [0.25, 0.3) is 0 Å². The number of aromatic nitrogens is 2. The molecule has 0 bridgehead atoms. The molecular weight excluding hydrogens is 180 g/mol. The monoisotopic (exact) mass is 190 g/mol. The number of unbranched alkanes of at least 4 members (excludes halogenated alkanes) is 1. The highest BCUT2D eigenvalue weighted by atomic mass is 16.2. The molecule has 1 aromatic rings. The summed E-state index contributed by atoms with van der Waals surface area (Å²) in [5, 5.41) is 26.0. The quantitative estimate of drug-likeness (QED) is 0.696. The number of aliphatic hydroxyl groups is 1. The topological polar surface area (TPSA) is 85.6 Å². The molecule has 0 spiro atoms. The average molecular weight is 190 g/mol. The lowest BCUT2D eigenvalue weighted by Gasteiger charge is -2.01. The minimum Gasteiger partial charge on any atom is -0.396 e. The number of imidazole rings is 1. The van der Waals surface area contributed by atoms with Crippen molar-refractivity contribution in [2.75, 3.05) is 6.61 Å². The fourth-order valence-electron chi connectivity index (χ4n) is 1.14. The molecule has 0 saturated carbocycles. The summed E-state index contributed by atoms with van der Waals surface area (Å²) < 4.78 is 1.63. The summed E-state index contributed by atoms with van der Waals surface area (Å²) in [7, 11) is 0. The van der Waals surface area contributed by atoms with Crippen molar-refractivity contribution in [3.63, 3.8) is 0 Å². The van der Waals surface area contributed by atoms with E-state index in [1.165, 1.54) is 6.33 Å². The van der Waals surface area contributed by atoms with E-state index < -0.39 is 0 Å². The predicted octanol–water partition coefficient (Wildman–Crippen LogP) is 0.399. The van der Waals surface area contributed by atoms with Crippen LogP contribution in [-0.2, 0) is 6.54 Å². The molecule has 5 heteroatoms. The molecule has 0 fully saturated rings. The van der Waals surface area contributed by atoms with Gasteiger partial charge in [0.25, 0.3) is 0 Å². The first-order valence-electron chi connectivity index (χ1n) is 4.29. The first-order valence-corrected chi connectivity index (χ1v) is 4.29.